The summed E-state index contributed by atoms with van der Waals surface area (Å²) in [5, 5.41) is 11.3. The summed E-state index contributed by atoms with van der Waals surface area (Å²) in [6.07, 6.45) is 1.79. The molecular formula is C20H23ClN4O3S. The molecule has 1 fully saturated rings. The van der Waals surface area contributed by atoms with E-state index >= 15 is 0 Å². The van der Waals surface area contributed by atoms with E-state index in [1.54, 1.807) is 24.3 Å². The van der Waals surface area contributed by atoms with Crippen LogP contribution in [-0.2, 0) is 11.3 Å². The standard InChI is InChI=1S/C20H23ClN4O3S/c1-2-9-22(14-16-7-8-19(21)29-16)15-20(26)24-12-10-23(11-13-24)17-5-3-4-6-18(17)25(27)28/h2-8H,1,9-15H2. The number of thiophene rings is 1. The van der Waals surface area contributed by atoms with Gasteiger partial charge in [0, 0.05) is 50.2 Å². The molecule has 0 atom stereocenters. The van der Waals surface area contributed by atoms with E-state index in [9.17, 15) is 14.9 Å². The Hall–Kier alpha value is -2.42. The van der Waals surface area contributed by atoms with E-state index in [-0.39, 0.29) is 16.5 Å². The number of hydrogen-bond donors (Lipinski definition) is 0. The molecule has 0 aliphatic carbocycles. The zero-order chi connectivity index (χ0) is 20.8. The second-order valence-electron chi connectivity index (χ2n) is 6.78. The number of nitrogens with zero attached hydrogens (tertiary/aromatic N) is 4. The van der Waals surface area contributed by atoms with Gasteiger partial charge >= 0.3 is 0 Å². The summed E-state index contributed by atoms with van der Waals surface area (Å²) in [5.74, 6) is 0.0525. The molecule has 1 aliphatic rings. The van der Waals surface area contributed by atoms with E-state index in [0.717, 1.165) is 9.21 Å². The molecule has 0 spiro atoms. The van der Waals surface area contributed by atoms with Gasteiger partial charge in [-0.25, -0.2) is 0 Å². The van der Waals surface area contributed by atoms with Gasteiger partial charge in [-0.2, -0.15) is 0 Å². The van der Waals surface area contributed by atoms with Crippen molar-refractivity contribution in [3.8, 4) is 0 Å². The Morgan fingerprint density at radius 1 is 1.24 bits per heavy atom. The third-order valence-corrected chi connectivity index (χ3v) is 6.02. The molecular weight excluding hydrogens is 412 g/mol. The normalized spacial score (nSPS) is 14.3. The lowest BCUT2D eigenvalue weighted by Crippen LogP contribution is -2.51. The molecule has 1 aromatic carbocycles. The molecule has 0 N–H and O–H groups in total. The zero-order valence-corrected chi connectivity index (χ0v) is 17.6. The quantitative estimate of drug-likeness (QED) is 0.360. The summed E-state index contributed by atoms with van der Waals surface area (Å²) < 4.78 is 0.732. The summed E-state index contributed by atoms with van der Waals surface area (Å²) in [5.41, 5.74) is 0.700. The van der Waals surface area contributed by atoms with Crippen LogP contribution in [0.5, 0.6) is 0 Å². The maximum Gasteiger partial charge on any atom is 0.292 e. The van der Waals surface area contributed by atoms with E-state index in [2.05, 4.69) is 6.58 Å². The number of piperazine rings is 1. The van der Waals surface area contributed by atoms with Crippen molar-refractivity contribution in [1.29, 1.82) is 0 Å². The molecule has 154 valence electrons. The van der Waals surface area contributed by atoms with Gasteiger partial charge in [0.15, 0.2) is 0 Å². The Kier molecular flexibility index (Phi) is 7.24. The van der Waals surface area contributed by atoms with E-state index in [0.29, 0.717) is 51.5 Å². The SMILES string of the molecule is C=CCN(CC(=O)N1CCN(c2ccccc2[N+](=O)[O-])CC1)Cc1ccc(Cl)s1. The van der Waals surface area contributed by atoms with Crippen LogP contribution in [0.2, 0.25) is 4.34 Å². The number of nitro groups is 1. The van der Waals surface area contributed by atoms with Crippen LogP contribution in [0.4, 0.5) is 11.4 Å². The van der Waals surface area contributed by atoms with Crippen molar-refractivity contribution in [1.82, 2.24) is 9.80 Å². The number of hydrogen-bond acceptors (Lipinski definition) is 6. The van der Waals surface area contributed by atoms with Gasteiger partial charge in [-0.1, -0.05) is 29.8 Å². The van der Waals surface area contributed by atoms with Crippen molar-refractivity contribution >= 4 is 40.2 Å². The van der Waals surface area contributed by atoms with Crippen molar-refractivity contribution in [3.63, 3.8) is 0 Å². The Labute approximate surface area is 178 Å². The molecule has 0 bridgehead atoms. The maximum atomic E-state index is 12.8. The monoisotopic (exact) mass is 434 g/mol. The molecule has 7 nitrogen and oxygen atoms in total. The minimum atomic E-state index is -0.364. The third kappa shape index (κ3) is 5.56. The predicted molar refractivity (Wildman–Crippen MR) is 117 cm³/mol. The number of anilines is 1. The first-order valence-electron chi connectivity index (χ1n) is 9.31. The molecule has 2 heterocycles. The molecule has 0 radical (unpaired) electrons. The number of para-hydroxylation sites is 2. The number of carbonyl (C=O) groups excluding carboxylic acids is 1. The number of carbonyl (C=O) groups is 1. The van der Waals surface area contributed by atoms with Crippen LogP contribution in [0.1, 0.15) is 4.88 Å². The summed E-state index contributed by atoms with van der Waals surface area (Å²) in [7, 11) is 0. The molecule has 2 aromatic rings. The van der Waals surface area contributed by atoms with Crippen LogP contribution in [0.15, 0.2) is 49.1 Å². The first-order chi connectivity index (χ1) is 14.0. The minimum Gasteiger partial charge on any atom is -0.362 e. The van der Waals surface area contributed by atoms with Crippen LogP contribution < -0.4 is 4.90 Å². The smallest absolute Gasteiger partial charge is 0.292 e. The molecule has 3 rings (SSSR count). The number of halogens is 1. The highest BCUT2D eigenvalue weighted by molar-refractivity contribution is 7.16. The zero-order valence-electron chi connectivity index (χ0n) is 16.0. The van der Waals surface area contributed by atoms with Crippen LogP contribution in [0, 0.1) is 10.1 Å². The van der Waals surface area contributed by atoms with Crippen molar-refractivity contribution in [2.45, 2.75) is 6.54 Å². The minimum absolute atomic E-state index is 0.0525. The van der Waals surface area contributed by atoms with Gasteiger partial charge in [0.05, 0.1) is 15.8 Å². The summed E-state index contributed by atoms with van der Waals surface area (Å²) in [6, 6.07) is 10.6. The molecule has 9 heteroatoms. The lowest BCUT2D eigenvalue weighted by molar-refractivity contribution is -0.384. The van der Waals surface area contributed by atoms with Gasteiger partial charge in [-0.3, -0.25) is 19.8 Å². The molecule has 0 unspecified atom stereocenters. The predicted octanol–water partition coefficient (Wildman–Crippen LogP) is 3.65. The van der Waals surface area contributed by atoms with Crippen LogP contribution in [-0.4, -0.2) is 59.9 Å². The first kappa shape index (κ1) is 21.3. The topological polar surface area (TPSA) is 69.9 Å². The van der Waals surface area contributed by atoms with Gasteiger partial charge in [0.25, 0.3) is 5.69 Å². The summed E-state index contributed by atoms with van der Waals surface area (Å²) in [4.78, 5) is 30.6. The maximum absolute atomic E-state index is 12.8. The fourth-order valence-electron chi connectivity index (χ4n) is 3.40. The second-order valence-corrected chi connectivity index (χ2v) is 8.58. The summed E-state index contributed by atoms with van der Waals surface area (Å²) in [6.45, 7) is 7.55. The first-order valence-corrected chi connectivity index (χ1v) is 10.5. The molecule has 29 heavy (non-hydrogen) atoms. The Bertz CT molecular complexity index is 880. The van der Waals surface area contributed by atoms with Crippen molar-refractivity contribution in [3.05, 3.63) is 68.4 Å². The number of amides is 1. The van der Waals surface area contributed by atoms with Crippen LogP contribution in [0.25, 0.3) is 0 Å². The molecule has 1 amide bonds. The number of nitro benzene ring substituents is 1. The molecule has 1 saturated heterocycles. The third-order valence-electron chi connectivity index (χ3n) is 4.81. The lowest BCUT2D eigenvalue weighted by Gasteiger charge is -2.36. The van der Waals surface area contributed by atoms with E-state index in [4.69, 9.17) is 11.6 Å². The van der Waals surface area contributed by atoms with E-state index in [1.807, 2.05) is 26.8 Å². The van der Waals surface area contributed by atoms with Gasteiger partial charge in [-0.05, 0) is 18.2 Å². The molecule has 1 aromatic heterocycles. The lowest BCUT2D eigenvalue weighted by atomic mass is 10.2. The van der Waals surface area contributed by atoms with Gasteiger partial charge < -0.3 is 9.80 Å². The average molecular weight is 435 g/mol. The van der Waals surface area contributed by atoms with Crippen LogP contribution >= 0.6 is 22.9 Å². The molecule has 1 aliphatic heterocycles. The van der Waals surface area contributed by atoms with Gasteiger partial charge in [-0.15, -0.1) is 17.9 Å². The highest BCUT2D eigenvalue weighted by Gasteiger charge is 2.26. The van der Waals surface area contributed by atoms with E-state index < -0.39 is 0 Å². The Morgan fingerprint density at radius 3 is 2.59 bits per heavy atom. The Balaban J connectivity index is 1.57. The van der Waals surface area contributed by atoms with Crippen LogP contribution in [0.3, 0.4) is 0 Å². The van der Waals surface area contributed by atoms with Crippen molar-refractivity contribution < 1.29 is 9.72 Å². The second kappa shape index (κ2) is 9.87. The molecule has 0 saturated carbocycles. The highest BCUT2D eigenvalue weighted by atomic mass is 35.5. The average Bonchev–Trinajstić information content (AvgIpc) is 3.12. The highest BCUT2D eigenvalue weighted by Crippen LogP contribution is 2.28. The van der Waals surface area contributed by atoms with Crippen molar-refractivity contribution in [2.75, 3.05) is 44.2 Å². The Morgan fingerprint density at radius 2 is 1.97 bits per heavy atom. The summed E-state index contributed by atoms with van der Waals surface area (Å²) >= 11 is 7.51. The largest absolute Gasteiger partial charge is 0.362 e. The fraction of sp³-hybridized carbons (Fsp3) is 0.350. The van der Waals surface area contributed by atoms with E-state index in [1.165, 1.54) is 17.4 Å². The van der Waals surface area contributed by atoms with Crippen molar-refractivity contribution in [2.24, 2.45) is 0 Å². The number of rotatable bonds is 8. The fourth-order valence-corrected chi connectivity index (χ4v) is 4.53. The van der Waals surface area contributed by atoms with Gasteiger partial charge in [0.2, 0.25) is 5.91 Å². The number of benzene rings is 1. The van der Waals surface area contributed by atoms with Gasteiger partial charge in [0.1, 0.15) is 5.69 Å².